The SMILES string of the molecule is C/C(=N\Oc1nc(C)c(C#N)c(N)n1)c1sc(-c2cccnc2)nc1C. The molecule has 9 heteroatoms. The number of nitriles is 1. The van der Waals surface area contributed by atoms with Crippen LogP contribution in [0.25, 0.3) is 10.6 Å². The maximum atomic E-state index is 9.00. The van der Waals surface area contributed by atoms with Crippen molar-refractivity contribution in [3.05, 3.63) is 46.4 Å². The van der Waals surface area contributed by atoms with E-state index in [0.29, 0.717) is 11.4 Å². The number of aryl methyl sites for hydroxylation is 2. The Hall–Kier alpha value is -3.38. The number of hydrogen-bond donors (Lipinski definition) is 1. The van der Waals surface area contributed by atoms with Gasteiger partial charge in [-0.1, -0.05) is 5.16 Å². The van der Waals surface area contributed by atoms with Gasteiger partial charge < -0.3 is 10.6 Å². The number of aromatic nitrogens is 4. The van der Waals surface area contributed by atoms with Crippen molar-refractivity contribution in [2.24, 2.45) is 5.16 Å². The van der Waals surface area contributed by atoms with Crippen LogP contribution in [0.15, 0.2) is 29.7 Å². The summed E-state index contributed by atoms with van der Waals surface area (Å²) in [6.45, 7) is 5.38. The number of hydrogen-bond acceptors (Lipinski definition) is 9. The van der Waals surface area contributed by atoms with Gasteiger partial charge in [0, 0.05) is 18.0 Å². The van der Waals surface area contributed by atoms with Crippen LogP contribution >= 0.6 is 11.3 Å². The molecule has 130 valence electrons. The Balaban J connectivity index is 1.85. The van der Waals surface area contributed by atoms with E-state index in [9.17, 15) is 0 Å². The number of rotatable bonds is 4. The fourth-order valence-corrected chi connectivity index (χ4v) is 3.24. The van der Waals surface area contributed by atoms with Gasteiger partial charge in [0.2, 0.25) is 0 Å². The molecule has 2 N–H and O–H groups in total. The molecule has 0 amide bonds. The Morgan fingerprint density at radius 3 is 2.73 bits per heavy atom. The van der Waals surface area contributed by atoms with Gasteiger partial charge in [-0.2, -0.15) is 15.2 Å². The first-order chi connectivity index (χ1) is 12.5. The van der Waals surface area contributed by atoms with Gasteiger partial charge in [-0.05, 0) is 32.9 Å². The van der Waals surface area contributed by atoms with Gasteiger partial charge in [0.1, 0.15) is 22.5 Å². The second-order valence-corrected chi connectivity index (χ2v) is 6.41. The minimum atomic E-state index is -0.00648. The van der Waals surface area contributed by atoms with Crippen LogP contribution in [0, 0.1) is 25.2 Å². The third kappa shape index (κ3) is 3.50. The van der Waals surface area contributed by atoms with Crippen LogP contribution in [0.2, 0.25) is 0 Å². The first kappa shape index (κ1) is 17.4. The smallest absolute Gasteiger partial charge is 0.347 e. The summed E-state index contributed by atoms with van der Waals surface area (Å²) in [6.07, 6.45) is 3.48. The maximum Gasteiger partial charge on any atom is 0.347 e. The molecule has 8 nitrogen and oxygen atoms in total. The number of nitrogens with two attached hydrogens (primary N) is 1. The van der Waals surface area contributed by atoms with Crippen LogP contribution < -0.4 is 10.6 Å². The van der Waals surface area contributed by atoms with E-state index in [1.807, 2.05) is 32.0 Å². The Bertz CT molecular complexity index is 998. The highest BCUT2D eigenvalue weighted by Gasteiger charge is 2.14. The second-order valence-electron chi connectivity index (χ2n) is 5.41. The van der Waals surface area contributed by atoms with E-state index in [2.05, 4.69) is 25.1 Å². The first-order valence-corrected chi connectivity index (χ1v) is 8.45. The molecule has 0 saturated carbocycles. The molecular formula is C17H15N7OS. The van der Waals surface area contributed by atoms with Crippen molar-refractivity contribution in [2.75, 3.05) is 5.73 Å². The Kier molecular flexibility index (Phi) is 4.86. The largest absolute Gasteiger partial charge is 0.382 e. The van der Waals surface area contributed by atoms with Crippen molar-refractivity contribution in [2.45, 2.75) is 20.8 Å². The molecule has 3 rings (SSSR count). The van der Waals surface area contributed by atoms with Crippen LogP contribution in [0.4, 0.5) is 5.82 Å². The third-order valence-electron chi connectivity index (χ3n) is 3.51. The summed E-state index contributed by atoms with van der Waals surface area (Å²) in [5.74, 6) is 0.0655. The molecule has 3 aromatic heterocycles. The minimum Gasteiger partial charge on any atom is -0.382 e. The number of pyridine rings is 1. The van der Waals surface area contributed by atoms with Crippen LogP contribution in [0.5, 0.6) is 6.01 Å². The molecule has 0 aliphatic carbocycles. The lowest BCUT2D eigenvalue weighted by Crippen LogP contribution is -2.04. The summed E-state index contributed by atoms with van der Waals surface area (Å²) >= 11 is 1.50. The van der Waals surface area contributed by atoms with Crippen molar-refractivity contribution in [1.82, 2.24) is 19.9 Å². The summed E-state index contributed by atoms with van der Waals surface area (Å²) < 4.78 is 0. The van der Waals surface area contributed by atoms with Crippen LogP contribution in [0.3, 0.4) is 0 Å². The molecule has 0 atom stereocenters. The Morgan fingerprint density at radius 1 is 1.27 bits per heavy atom. The molecule has 0 unspecified atom stereocenters. The molecule has 0 saturated heterocycles. The standard InChI is InChI=1S/C17H15N7OS/c1-9-13(7-18)15(19)23-17(22-9)25-24-11(3)14-10(2)21-16(26-14)12-5-4-6-20-8-12/h4-6,8H,1-3H3,(H2,19,22,23)/b24-11+. The van der Waals surface area contributed by atoms with Crippen molar-refractivity contribution in [1.29, 1.82) is 5.26 Å². The number of oxime groups is 1. The fraction of sp³-hybridized carbons (Fsp3) is 0.176. The maximum absolute atomic E-state index is 9.00. The highest BCUT2D eigenvalue weighted by atomic mass is 32.1. The summed E-state index contributed by atoms with van der Waals surface area (Å²) in [7, 11) is 0. The van der Waals surface area contributed by atoms with Gasteiger partial charge in [-0.15, -0.1) is 11.3 Å². The lowest BCUT2D eigenvalue weighted by molar-refractivity contribution is 0.312. The van der Waals surface area contributed by atoms with Gasteiger partial charge in [0.05, 0.1) is 22.0 Å². The van der Waals surface area contributed by atoms with E-state index in [4.69, 9.17) is 15.8 Å². The van der Waals surface area contributed by atoms with E-state index in [1.54, 1.807) is 19.3 Å². The zero-order valence-corrected chi connectivity index (χ0v) is 15.2. The average Bonchev–Trinajstić information content (AvgIpc) is 3.02. The van der Waals surface area contributed by atoms with Crippen molar-refractivity contribution < 1.29 is 4.84 Å². The van der Waals surface area contributed by atoms with E-state index >= 15 is 0 Å². The zero-order valence-electron chi connectivity index (χ0n) is 14.4. The molecule has 3 aromatic rings. The summed E-state index contributed by atoms with van der Waals surface area (Å²) in [5, 5.41) is 13.9. The van der Waals surface area contributed by atoms with E-state index in [-0.39, 0.29) is 17.4 Å². The molecule has 0 aromatic carbocycles. The molecule has 3 heterocycles. The van der Waals surface area contributed by atoms with E-state index < -0.39 is 0 Å². The molecule has 0 fully saturated rings. The third-order valence-corrected chi connectivity index (χ3v) is 4.82. The van der Waals surface area contributed by atoms with Gasteiger partial charge in [0.15, 0.2) is 0 Å². The lowest BCUT2D eigenvalue weighted by Gasteiger charge is -2.03. The predicted octanol–water partition coefficient (Wildman–Crippen LogP) is 2.87. The number of nitrogens with zero attached hydrogens (tertiary/aromatic N) is 6. The van der Waals surface area contributed by atoms with E-state index in [1.165, 1.54) is 11.3 Å². The van der Waals surface area contributed by atoms with Crippen LogP contribution in [-0.2, 0) is 0 Å². The normalized spacial score (nSPS) is 11.2. The number of thiazole rings is 1. The average molecular weight is 365 g/mol. The lowest BCUT2D eigenvalue weighted by atomic mass is 10.2. The van der Waals surface area contributed by atoms with Gasteiger partial charge in [0.25, 0.3) is 0 Å². The minimum absolute atomic E-state index is 0.00648. The molecule has 0 bridgehead atoms. The van der Waals surface area contributed by atoms with Crippen LogP contribution in [0.1, 0.15) is 28.8 Å². The second kappa shape index (κ2) is 7.25. The molecule has 0 aliphatic rings. The first-order valence-electron chi connectivity index (χ1n) is 7.63. The highest BCUT2D eigenvalue weighted by molar-refractivity contribution is 7.17. The topological polar surface area (TPSA) is 123 Å². The van der Waals surface area contributed by atoms with Gasteiger partial charge in [-0.3, -0.25) is 4.98 Å². The number of nitrogen functional groups attached to an aromatic ring is 1. The monoisotopic (exact) mass is 365 g/mol. The molecule has 0 spiro atoms. The Labute approximate surface area is 154 Å². The van der Waals surface area contributed by atoms with Gasteiger partial charge in [-0.25, -0.2) is 4.98 Å². The van der Waals surface area contributed by atoms with Crippen LogP contribution in [-0.4, -0.2) is 25.6 Å². The van der Waals surface area contributed by atoms with Crippen molar-refractivity contribution in [3.63, 3.8) is 0 Å². The quantitative estimate of drug-likeness (QED) is 0.557. The summed E-state index contributed by atoms with van der Waals surface area (Å²) in [5.41, 5.74) is 8.83. The molecule has 0 aliphatic heterocycles. The molecule has 26 heavy (non-hydrogen) atoms. The van der Waals surface area contributed by atoms with Crippen molar-refractivity contribution in [3.8, 4) is 22.7 Å². The number of anilines is 1. The van der Waals surface area contributed by atoms with Gasteiger partial charge >= 0.3 is 6.01 Å². The molecular weight excluding hydrogens is 350 g/mol. The fourth-order valence-electron chi connectivity index (χ4n) is 2.24. The summed E-state index contributed by atoms with van der Waals surface area (Å²) in [4.78, 5) is 22.9. The van der Waals surface area contributed by atoms with Crippen molar-refractivity contribution >= 4 is 22.9 Å². The molecule has 0 radical (unpaired) electrons. The summed E-state index contributed by atoms with van der Waals surface area (Å²) in [6, 6.07) is 5.77. The highest BCUT2D eigenvalue weighted by Crippen LogP contribution is 2.28. The van der Waals surface area contributed by atoms with E-state index in [0.717, 1.165) is 21.1 Å². The Morgan fingerprint density at radius 2 is 2.08 bits per heavy atom. The predicted molar refractivity (Wildman–Crippen MR) is 98.8 cm³/mol. The zero-order chi connectivity index (χ0) is 18.7.